The van der Waals surface area contributed by atoms with Gasteiger partial charge < -0.3 is 0 Å². The Balaban J connectivity index is 1.70. The maximum absolute atomic E-state index is 2.42. The molecule has 0 aromatic heterocycles. The molecule has 124 valence electrons. The molecule has 5 aromatic rings. The van der Waals surface area contributed by atoms with Gasteiger partial charge in [0.25, 0.3) is 0 Å². The molecule has 5 aromatic carbocycles. The molecule has 0 bridgehead atoms. The average Bonchev–Trinajstić information content (AvgIpc) is 3.36. The zero-order chi connectivity index (χ0) is 17.3. The van der Waals surface area contributed by atoms with E-state index in [0.717, 1.165) is 12.8 Å². The number of hydrogen-bond acceptors (Lipinski definition) is 0. The smallest absolute Gasteiger partial charge is 0.0352 e. The molecule has 0 saturated heterocycles. The molecular weight excluding hydrogens is 324 g/mol. The van der Waals surface area contributed by atoms with Crippen molar-refractivity contribution >= 4 is 32.3 Å². The zero-order valence-electron chi connectivity index (χ0n) is 14.8. The molecule has 0 amide bonds. The Morgan fingerprint density at radius 3 is 1.41 bits per heavy atom. The van der Waals surface area contributed by atoms with Crippen molar-refractivity contribution in [3.05, 3.63) is 106 Å². The van der Waals surface area contributed by atoms with Gasteiger partial charge in [-0.1, -0.05) is 66.7 Å². The Morgan fingerprint density at radius 1 is 0.444 bits per heavy atom. The van der Waals surface area contributed by atoms with Gasteiger partial charge in [-0.05, 0) is 84.1 Å². The second kappa shape index (κ2) is 4.07. The fraction of sp³-hybridized carbons (Fsp3) is 0.111. The Kier molecular flexibility index (Phi) is 1.98. The standard InChI is InChI=1S/C27H16/c1-2-4-14(5-3-1)21-19-10-8-17-12-15-6-7-16-13-18-9-11-20(21)27-25(18)23(16)22(15)24(17)26(19)27/h1-11,21H,12-13H2. The van der Waals surface area contributed by atoms with E-state index in [9.17, 15) is 0 Å². The Labute approximate surface area is 157 Å². The summed E-state index contributed by atoms with van der Waals surface area (Å²) in [5, 5.41) is 9.36. The molecule has 0 unspecified atom stereocenters. The van der Waals surface area contributed by atoms with Crippen LogP contribution in [0.1, 0.15) is 44.9 Å². The Bertz CT molecular complexity index is 1410. The third-order valence-corrected chi connectivity index (χ3v) is 7.29. The summed E-state index contributed by atoms with van der Waals surface area (Å²) in [6.45, 7) is 0. The van der Waals surface area contributed by atoms with Gasteiger partial charge in [0.05, 0.1) is 0 Å². The van der Waals surface area contributed by atoms with Gasteiger partial charge in [-0.25, -0.2) is 0 Å². The first-order valence-electron chi connectivity index (χ1n) is 9.92. The topological polar surface area (TPSA) is 0 Å². The first kappa shape index (κ1) is 13.1. The van der Waals surface area contributed by atoms with Crippen LogP contribution in [0.2, 0.25) is 0 Å². The van der Waals surface area contributed by atoms with E-state index < -0.39 is 0 Å². The minimum absolute atomic E-state index is 0.370. The van der Waals surface area contributed by atoms with Crippen LogP contribution >= 0.6 is 0 Å². The van der Waals surface area contributed by atoms with E-state index in [0.29, 0.717) is 5.92 Å². The van der Waals surface area contributed by atoms with Crippen LogP contribution in [0.25, 0.3) is 32.3 Å². The van der Waals surface area contributed by atoms with Gasteiger partial charge in [0.2, 0.25) is 0 Å². The molecule has 3 aliphatic carbocycles. The minimum Gasteiger partial charge on any atom is -0.0622 e. The summed E-state index contributed by atoms with van der Waals surface area (Å²) >= 11 is 0. The predicted molar refractivity (Wildman–Crippen MR) is 112 cm³/mol. The quantitative estimate of drug-likeness (QED) is 0.301. The van der Waals surface area contributed by atoms with Crippen LogP contribution in [0, 0.1) is 0 Å². The highest BCUT2D eigenvalue weighted by Gasteiger charge is 2.35. The summed E-state index contributed by atoms with van der Waals surface area (Å²) in [6.07, 6.45) is 2.19. The third-order valence-electron chi connectivity index (χ3n) is 7.29. The SMILES string of the molecule is c1ccc(C2c3ccc4c5c6c(ccc7c6c6c(ccc2c6c35)C7)C4)cc1. The fourth-order valence-corrected chi connectivity index (χ4v) is 6.35. The normalized spacial score (nSPS) is 15.7. The minimum atomic E-state index is 0.370. The van der Waals surface area contributed by atoms with Crippen molar-refractivity contribution in [3.8, 4) is 0 Å². The van der Waals surface area contributed by atoms with Crippen LogP contribution in [0.4, 0.5) is 0 Å². The van der Waals surface area contributed by atoms with Gasteiger partial charge in [0.1, 0.15) is 0 Å². The van der Waals surface area contributed by atoms with Crippen molar-refractivity contribution in [2.45, 2.75) is 18.8 Å². The molecule has 0 fully saturated rings. The lowest BCUT2D eigenvalue weighted by Gasteiger charge is -2.15. The van der Waals surface area contributed by atoms with Gasteiger partial charge in [0, 0.05) is 5.92 Å². The fourth-order valence-electron chi connectivity index (χ4n) is 6.35. The van der Waals surface area contributed by atoms with Gasteiger partial charge in [0.15, 0.2) is 0 Å². The van der Waals surface area contributed by atoms with E-state index in [-0.39, 0.29) is 0 Å². The first-order valence-corrected chi connectivity index (χ1v) is 9.92. The molecule has 0 nitrogen and oxygen atoms in total. The molecule has 0 saturated carbocycles. The summed E-state index contributed by atoms with van der Waals surface area (Å²) in [6, 6.07) is 25.5. The molecule has 0 aliphatic heterocycles. The number of hydrogen-bond donors (Lipinski definition) is 0. The van der Waals surface area contributed by atoms with Gasteiger partial charge in [-0.3, -0.25) is 0 Å². The summed E-state index contributed by atoms with van der Waals surface area (Å²) in [4.78, 5) is 0. The van der Waals surface area contributed by atoms with Crippen LogP contribution in [-0.4, -0.2) is 0 Å². The van der Waals surface area contributed by atoms with E-state index in [2.05, 4.69) is 66.7 Å². The van der Waals surface area contributed by atoms with E-state index in [1.54, 1.807) is 32.3 Å². The van der Waals surface area contributed by atoms with Crippen LogP contribution in [-0.2, 0) is 12.8 Å². The molecule has 8 rings (SSSR count). The largest absolute Gasteiger partial charge is 0.0622 e. The van der Waals surface area contributed by atoms with Gasteiger partial charge >= 0.3 is 0 Å². The van der Waals surface area contributed by atoms with Gasteiger partial charge in [-0.2, -0.15) is 0 Å². The summed E-state index contributed by atoms with van der Waals surface area (Å²) in [5.74, 6) is 0.370. The van der Waals surface area contributed by atoms with Crippen LogP contribution < -0.4 is 0 Å². The van der Waals surface area contributed by atoms with Crippen molar-refractivity contribution in [3.63, 3.8) is 0 Å². The van der Waals surface area contributed by atoms with Gasteiger partial charge in [-0.15, -0.1) is 0 Å². The molecule has 0 heterocycles. The van der Waals surface area contributed by atoms with Crippen molar-refractivity contribution in [1.29, 1.82) is 0 Å². The lowest BCUT2D eigenvalue weighted by molar-refractivity contribution is 1.02. The summed E-state index contributed by atoms with van der Waals surface area (Å²) < 4.78 is 0. The molecule has 0 radical (unpaired) electrons. The maximum Gasteiger partial charge on any atom is 0.0352 e. The number of benzene rings is 5. The highest BCUT2D eigenvalue weighted by atomic mass is 14.4. The lowest BCUT2D eigenvalue weighted by atomic mass is 9.88. The number of rotatable bonds is 1. The molecule has 0 spiro atoms. The molecule has 27 heavy (non-hydrogen) atoms. The highest BCUT2D eigenvalue weighted by Crippen LogP contribution is 2.56. The van der Waals surface area contributed by atoms with Crippen LogP contribution in [0.15, 0.2) is 66.7 Å². The summed E-state index contributed by atoms with van der Waals surface area (Å²) in [7, 11) is 0. The van der Waals surface area contributed by atoms with E-state index in [1.807, 2.05) is 0 Å². The molecule has 0 N–H and O–H groups in total. The summed E-state index contributed by atoms with van der Waals surface area (Å²) in [5.41, 5.74) is 10.6. The van der Waals surface area contributed by atoms with Crippen molar-refractivity contribution in [1.82, 2.24) is 0 Å². The second-order valence-corrected chi connectivity index (χ2v) is 8.46. The van der Waals surface area contributed by atoms with Crippen LogP contribution in [0.3, 0.4) is 0 Å². The Hall–Kier alpha value is -3.12. The Morgan fingerprint density at radius 2 is 0.889 bits per heavy atom. The van der Waals surface area contributed by atoms with Crippen molar-refractivity contribution in [2.24, 2.45) is 0 Å². The maximum atomic E-state index is 2.42. The van der Waals surface area contributed by atoms with E-state index in [4.69, 9.17) is 0 Å². The van der Waals surface area contributed by atoms with Crippen molar-refractivity contribution < 1.29 is 0 Å². The van der Waals surface area contributed by atoms with Crippen molar-refractivity contribution in [2.75, 3.05) is 0 Å². The highest BCUT2D eigenvalue weighted by molar-refractivity contribution is 6.33. The second-order valence-electron chi connectivity index (χ2n) is 8.46. The first-order chi connectivity index (χ1) is 13.4. The van der Waals surface area contributed by atoms with Crippen LogP contribution in [0.5, 0.6) is 0 Å². The van der Waals surface area contributed by atoms with E-state index >= 15 is 0 Å². The van der Waals surface area contributed by atoms with E-state index in [1.165, 1.54) is 38.9 Å². The average molecular weight is 340 g/mol. The molecule has 0 atom stereocenters. The third kappa shape index (κ3) is 1.29. The molecule has 3 aliphatic rings. The molecular formula is C27H16. The zero-order valence-corrected chi connectivity index (χ0v) is 14.8. The lowest BCUT2D eigenvalue weighted by Crippen LogP contribution is -1.99. The predicted octanol–water partition coefficient (Wildman–Crippen LogP) is 6.45. The monoisotopic (exact) mass is 340 g/mol. The molecule has 0 heteroatoms.